The van der Waals surface area contributed by atoms with Gasteiger partial charge in [-0.1, -0.05) is 6.92 Å². The minimum absolute atomic E-state index is 0.111. The molecule has 1 aliphatic heterocycles. The zero-order valence-corrected chi connectivity index (χ0v) is 9.10. The second-order valence-corrected chi connectivity index (χ2v) is 3.79. The Kier molecular flexibility index (Phi) is 4.08. The lowest BCUT2D eigenvalue weighted by atomic mass is 10.2. The summed E-state index contributed by atoms with van der Waals surface area (Å²) in [6.45, 7) is 2.66. The van der Waals surface area contributed by atoms with Gasteiger partial charge in [-0.15, -0.1) is 0 Å². The van der Waals surface area contributed by atoms with Crippen LogP contribution in [-0.4, -0.2) is 47.7 Å². The minimum Gasteiger partial charge on any atom is -0.479 e. The van der Waals surface area contributed by atoms with Gasteiger partial charge in [0.05, 0.1) is 0 Å². The lowest BCUT2D eigenvalue weighted by molar-refractivity contribution is -0.154. The van der Waals surface area contributed by atoms with Crippen LogP contribution in [0.1, 0.15) is 26.2 Å². The van der Waals surface area contributed by atoms with E-state index in [9.17, 15) is 9.59 Å². The van der Waals surface area contributed by atoms with Gasteiger partial charge in [0.2, 0.25) is 0 Å². The maximum atomic E-state index is 11.7. The molecule has 1 heterocycles. The second-order valence-electron chi connectivity index (χ2n) is 3.79. The molecule has 0 saturated carbocycles. The molecule has 1 saturated heterocycles. The Morgan fingerprint density at radius 2 is 2.00 bits per heavy atom. The van der Waals surface area contributed by atoms with Crippen molar-refractivity contribution in [3.8, 4) is 0 Å². The highest BCUT2D eigenvalue weighted by Gasteiger charge is 2.35. The van der Waals surface area contributed by atoms with Crippen molar-refractivity contribution in [2.75, 3.05) is 13.6 Å². The number of carboxylic acids is 1. The van der Waals surface area contributed by atoms with Gasteiger partial charge in [0, 0.05) is 13.6 Å². The molecule has 5 nitrogen and oxygen atoms in total. The molecule has 0 aromatic heterocycles. The molecule has 15 heavy (non-hydrogen) atoms. The number of ether oxygens (including phenoxy) is 1. The van der Waals surface area contributed by atoms with Crippen LogP contribution in [0, 0.1) is 0 Å². The molecular weight excluding hydrogens is 198 g/mol. The molecule has 1 N–H and O–H groups in total. The lowest BCUT2D eigenvalue weighted by Gasteiger charge is -2.20. The number of hydrogen-bond acceptors (Lipinski definition) is 3. The maximum absolute atomic E-state index is 11.7. The molecule has 5 heteroatoms. The van der Waals surface area contributed by atoms with E-state index in [1.807, 2.05) is 6.92 Å². The summed E-state index contributed by atoms with van der Waals surface area (Å²) in [6, 6.07) is 0. The Hall–Kier alpha value is -1.10. The van der Waals surface area contributed by atoms with Crippen molar-refractivity contribution in [3.05, 3.63) is 0 Å². The Morgan fingerprint density at radius 3 is 2.47 bits per heavy atom. The first-order chi connectivity index (χ1) is 7.06. The Balaban J connectivity index is 2.46. The van der Waals surface area contributed by atoms with Crippen molar-refractivity contribution in [1.82, 2.24) is 4.90 Å². The largest absolute Gasteiger partial charge is 0.479 e. The third kappa shape index (κ3) is 2.92. The maximum Gasteiger partial charge on any atom is 0.332 e. The summed E-state index contributed by atoms with van der Waals surface area (Å²) in [5.41, 5.74) is 0. The zero-order valence-electron chi connectivity index (χ0n) is 9.10. The summed E-state index contributed by atoms with van der Waals surface area (Å²) in [4.78, 5) is 23.9. The summed E-state index contributed by atoms with van der Waals surface area (Å²) < 4.78 is 5.16. The van der Waals surface area contributed by atoms with E-state index in [0.29, 0.717) is 19.4 Å². The average Bonchev–Trinajstić information content (AvgIpc) is 2.65. The monoisotopic (exact) mass is 215 g/mol. The molecule has 0 bridgehead atoms. The van der Waals surface area contributed by atoms with Gasteiger partial charge in [0.15, 0.2) is 6.10 Å². The average molecular weight is 215 g/mol. The normalized spacial score (nSPS) is 25.2. The van der Waals surface area contributed by atoms with E-state index in [1.165, 1.54) is 0 Å². The number of carboxylic acid groups (broad SMARTS) is 1. The van der Waals surface area contributed by atoms with E-state index in [2.05, 4.69) is 0 Å². The van der Waals surface area contributed by atoms with Gasteiger partial charge in [-0.2, -0.15) is 0 Å². The molecule has 0 aromatic rings. The first-order valence-corrected chi connectivity index (χ1v) is 5.19. The van der Waals surface area contributed by atoms with Gasteiger partial charge < -0.3 is 14.7 Å². The highest BCUT2D eigenvalue weighted by atomic mass is 16.5. The fourth-order valence-corrected chi connectivity index (χ4v) is 1.69. The van der Waals surface area contributed by atoms with Crippen LogP contribution in [0.25, 0.3) is 0 Å². The molecule has 0 aromatic carbocycles. The molecule has 0 radical (unpaired) electrons. The Labute approximate surface area is 89.0 Å². The number of likely N-dealkylation sites (N-methyl/N-ethyl adjacent to an activating group) is 1. The topological polar surface area (TPSA) is 66.8 Å². The minimum atomic E-state index is -0.983. The smallest absolute Gasteiger partial charge is 0.332 e. The van der Waals surface area contributed by atoms with E-state index < -0.39 is 18.2 Å². The number of amides is 1. The number of aliphatic carboxylic acids is 1. The lowest BCUT2D eigenvalue weighted by Crippen LogP contribution is -2.37. The number of rotatable bonds is 4. The van der Waals surface area contributed by atoms with Crippen molar-refractivity contribution < 1.29 is 19.4 Å². The predicted octanol–water partition coefficient (Wildman–Crippen LogP) is 0.487. The number of carbonyl (C=O) groups is 2. The standard InChI is InChI=1S/C10H17NO4/c1-3-6-11(2)9(12)7-4-5-8(15-7)10(13)14/h7-8H,3-6H2,1-2H3,(H,13,14)/t7-,8+/m0/s1. The van der Waals surface area contributed by atoms with Crippen LogP contribution in [0.5, 0.6) is 0 Å². The van der Waals surface area contributed by atoms with Gasteiger partial charge in [-0.3, -0.25) is 4.79 Å². The molecule has 0 aliphatic carbocycles. The fourth-order valence-electron chi connectivity index (χ4n) is 1.69. The van der Waals surface area contributed by atoms with E-state index in [4.69, 9.17) is 9.84 Å². The highest BCUT2D eigenvalue weighted by molar-refractivity contribution is 5.82. The Morgan fingerprint density at radius 1 is 1.40 bits per heavy atom. The van der Waals surface area contributed by atoms with Gasteiger partial charge in [-0.25, -0.2) is 4.79 Å². The van der Waals surface area contributed by atoms with Crippen molar-refractivity contribution in [2.45, 2.75) is 38.4 Å². The van der Waals surface area contributed by atoms with Crippen molar-refractivity contribution in [1.29, 1.82) is 0 Å². The summed E-state index contributed by atoms with van der Waals surface area (Å²) in [5, 5.41) is 8.70. The zero-order chi connectivity index (χ0) is 11.4. The molecule has 86 valence electrons. The summed E-state index contributed by atoms with van der Waals surface area (Å²) in [5.74, 6) is -1.09. The molecule has 1 aliphatic rings. The van der Waals surface area contributed by atoms with E-state index in [0.717, 1.165) is 6.42 Å². The van der Waals surface area contributed by atoms with Crippen molar-refractivity contribution in [3.63, 3.8) is 0 Å². The van der Waals surface area contributed by atoms with Crippen LogP contribution in [0.15, 0.2) is 0 Å². The van der Waals surface area contributed by atoms with Gasteiger partial charge in [0.1, 0.15) is 6.10 Å². The molecule has 2 atom stereocenters. The number of carbonyl (C=O) groups excluding carboxylic acids is 1. The van der Waals surface area contributed by atoms with Gasteiger partial charge in [0.25, 0.3) is 5.91 Å². The molecule has 1 rings (SSSR count). The summed E-state index contributed by atoms with van der Waals surface area (Å²) in [6.07, 6.45) is 0.434. The van der Waals surface area contributed by atoms with Crippen LogP contribution in [-0.2, 0) is 14.3 Å². The molecule has 1 amide bonds. The third-order valence-electron chi connectivity index (χ3n) is 2.51. The summed E-state index contributed by atoms with van der Waals surface area (Å²) >= 11 is 0. The predicted molar refractivity (Wildman–Crippen MR) is 53.5 cm³/mol. The molecule has 0 unspecified atom stereocenters. The van der Waals surface area contributed by atoms with Crippen LogP contribution in [0.4, 0.5) is 0 Å². The van der Waals surface area contributed by atoms with Crippen LogP contribution >= 0.6 is 0 Å². The molecular formula is C10H17NO4. The van der Waals surface area contributed by atoms with Crippen LogP contribution < -0.4 is 0 Å². The van der Waals surface area contributed by atoms with Crippen LogP contribution in [0.3, 0.4) is 0 Å². The van der Waals surface area contributed by atoms with E-state index in [1.54, 1.807) is 11.9 Å². The Bertz CT molecular complexity index is 254. The SMILES string of the molecule is CCCN(C)C(=O)[C@@H]1CC[C@H](C(=O)O)O1. The number of nitrogens with zero attached hydrogens (tertiary/aromatic N) is 1. The first-order valence-electron chi connectivity index (χ1n) is 5.19. The quantitative estimate of drug-likeness (QED) is 0.741. The molecule has 1 fully saturated rings. The van der Waals surface area contributed by atoms with Crippen molar-refractivity contribution >= 4 is 11.9 Å². The fraction of sp³-hybridized carbons (Fsp3) is 0.800. The van der Waals surface area contributed by atoms with E-state index >= 15 is 0 Å². The van der Waals surface area contributed by atoms with E-state index in [-0.39, 0.29) is 5.91 Å². The first kappa shape index (κ1) is 12.0. The van der Waals surface area contributed by atoms with Crippen LogP contribution in [0.2, 0.25) is 0 Å². The van der Waals surface area contributed by atoms with Gasteiger partial charge in [-0.05, 0) is 19.3 Å². The highest BCUT2D eigenvalue weighted by Crippen LogP contribution is 2.21. The summed E-state index contributed by atoms with van der Waals surface area (Å²) in [7, 11) is 1.71. The second kappa shape index (κ2) is 5.11. The van der Waals surface area contributed by atoms with Crippen molar-refractivity contribution in [2.24, 2.45) is 0 Å². The van der Waals surface area contributed by atoms with Gasteiger partial charge >= 0.3 is 5.97 Å². The third-order valence-corrected chi connectivity index (χ3v) is 2.51. The molecule has 0 spiro atoms. The number of hydrogen-bond donors (Lipinski definition) is 1.